The molecule has 0 radical (unpaired) electrons. The number of nitrogens with one attached hydrogen (secondary N) is 1. The maximum absolute atomic E-state index is 10.8. The van der Waals surface area contributed by atoms with Crippen LogP contribution in [0.2, 0.25) is 0 Å². The second-order valence-corrected chi connectivity index (χ2v) is 4.53. The minimum absolute atomic E-state index is 0.00148. The molecule has 1 N–H and O–H groups in total. The molecule has 7 heteroatoms. The fourth-order valence-corrected chi connectivity index (χ4v) is 2.07. The van der Waals surface area contributed by atoms with Crippen molar-refractivity contribution >= 4 is 28.1 Å². The number of rotatable bonds is 4. The van der Waals surface area contributed by atoms with Crippen LogP contribution in [0.15, 0.2) is 48.8 Å². The zero-order chi connectivity index (χ0) is 15.5. The van der Waals surface area contributed by atoms with Crippen molar-refractivity contribution in [3.8, 4) is 5.75 Å². The molecule has 0 saturated heterocycles. The van der Waals surface area contributed by atoms with Crippen LogP contribution in [0.5, 0.6) is 5.75 Å². The van der Waals surface area contributed by atoms with Crippen LogP contribution >= 0.6 is 0 Å². The Morgan fingerprint density at radius 3 is 2.59 bits per heavy atom. The molecule has 0 atom stereocenters. The van der Waals surface area contributed by atoms with Gasteiger partial charge in [0.05, 0.1) is 17.5 Å². The van der Waals surface area contributed by atoms with Crippen LogP contribution in [0.1, 0.15) is 0 Å². The van der Waals surface area contributed by atoms with E-state index in [0.29, 0.717) is 16.7 Å². The molecule has 0 aliphatic carbocycles. The molecule has 7 nitrogen and oxygen atoms in total. The molecule has 0 spiro atoms. The molecule has 110 valence electrons. The quantitative estimate of drug-likeness (QED) is 0.587. The van der Waals surface area contributed by atoms with Crippen molar-refractivity contribution in [1.82, 2.24) is 9.97 Å². The number of hydrogen-bond donors (Lipinski definition) is 1. The highest BCUT2D eigenvalue weighted by atomic mass is 16.6. The van der Waals surface area contributed by atoms with Gasteiger partial charge in [-0.2, -0.15) is 0 Å². The highest BCUT2D eigenvalue weighted by Crippen LogP contribution is 2.26. The van der Waals surface area contributed by atoms with E-state index in [0.717, 1.165) is 11.4 Å². The van der Waals surface area contributed by atoms with E-state index in [1.165, 1.54) is 18.5 Å². The smallest absolute Gasteiger partial charge is 0.271 e. The fraction of sp³-hybridized carbons (Fsp3) is 0.0667. The number of ether oxygens (including phenoxy) is 1. The minimum atomic E-state index is -0.446. The molecule has 1 heterocycles. The van der Waals surface area contributed by atoms with Gasteiger partial charge >= 0.3 is 0 Å². The van der Waals surface area contributed by atoms with Gasteiger partial charge in [0.2, 0.25) is 0 Å². The lowest BCUT2D eigenvalue weighted by molar-refractivity contribution is -0.384. The van der Waals surface area contributed by atoms with E-state index in [1.807, 2.05) is 24.3 Å². The van der Waals surface area contributed by atoms with E-state index in [2.05, 4.69) is 15.3 Å². The number of aromatic nitrogens is 2. The monoisotopic (exact) mass is 296 g/mol. The number of hydrogen-bond acceptors (Lipinski definition) is 6. The Bertz CT molecular complexity index is 834. The zero-order valence-corrected chi connectivity index (χ0v) is 11.7. The average molecular weight is 296 g/mol. The standard InChI is InChI=1S/C15H12N4O3/c1-22-12-5-2-10(3-6-12)18-15-13-7-4-11(19(20)21)8-14(13)16-9-17-15/h2-9H,1H3,(H,16,17,18). The Hall–Kier alpha value is -3.22. The normalized spacial score (nSPS) is 10.4. The molecule has 0 amide bonds. The summed E-state index contributed by atoms with van der Waals surface area (Å²) in [6.07, 6.45) is 1.37. The first-order valence-corrected chi connectivity index (χ1v) is 6.47. The van der Waals surface area contributed by atoms with Crippen LogP contribution in [0.25, 0.3) is 10.9 Å². The van der Waals surface area contributed by atoms with E-state index in [1.54, 1.807) is 13.2 Å². The lowest BCUT2D eigenvalue weighted by Gasteiger charge is -2.08. The number of non-ortho nitro benzene ring substituents is 1. The molecule has 0 unspecified atom stereocenters. The molecule has 0 saturated carbocycles. The van der Waals surface area contributed by atoms with Crippen LogP contribution in [-0.2, 0) is 0 Å². The van der Waals surface area contributed by atoms with E-state index < -0.39 is 4.92 Å². The third-order valence-corrected chi connectivity index (χ3v) is 3.18. The zero-order valence-electron chi connectivity index (χ0n) is 11.7. The summed E-state index contributed by atoms with van der Waals surface area (Å²) >= 11 is 0. The molecule has 0 aliphatic heterocycles. The molecule has 0 fully saturated rings. The molecule has 0 bridgehead atoms. The van der Waals surface area contributed by atoms with Gasteiger partial charge in [0.25, 0.3) is 5.69 Å². The molecule has 3 rings (SSSR count). The molecule has 0 aliphatic rings. The molecule has 1 aromatic heterocycles. The Morgan fingerprint density at radius 2 is 1.91 bits per heavy atom. The Morgan fingerprint density at radius 1 is 1.14 bits per heavy atom. The first-order valence-electron chi connectivity index (χ1n) is 6.47. The molecular formula is C15H12N4O3. The van der Waals surface area contributed by atoms with Crippen molar-refractivity contribution in [3.63, 3.8) is 0 Å². The fourth-order valence-electron chi connectivity index (χ4n) is 2.07. The average Bonchev–Trinajstić information content (AvgIpc) is 2.55. The van der Waals surface area contributed by atoms with Crippen molar-refractivity contribution in [1.29, 1.82) is 0 Å². The van der Waals surface area contributed by atoms with E-state index >= 15 is 0 Å². The highest BCUT2D eigenvalue weighted by Gasteiger charge is 2.10. The van der Waals surface area contributed by atoms with Gasteiger partial charge in [-0.25, -0.2) is 9.97 Å². The van der Waals surface area contributed by atoms with Gasteiger partial charge in [0, 0.05) is 23.2 Å². The lowest BCUT2D eigenvalue weighted by atomic mass is 10.2. The largest absolute Gasteiger partial charge is 0.497 e. The second kappa shape index (κ2) is 5.65. The number of nitro benzene ring substituents is 1. The summed E-state index contributed by atoms with van der Waals surface area (Å²) in [6, 6.07) is 11.9. The van der Waals surface area contributed by atoms with Gasteiger partial charge in [-0.15, -0.1) is 0 Å². The Labute approximate surface area is 125 Å². The second-order valence-electron chi connectivity index (χ2n) is 4.53. The third kappa shape index (κ3) is 2.64. The number of nitro groups is 1. The van der Waals surface area contributed by atoms with Crippen molar-refractivity contribution < 1.29 is 9.66 Å². The maximum Gasteiger partial charge on any atom is 0.271 e. The van der Waals surface area contributed by atoms with Gasteiger partial charge < -0.3 is 10.1 Å². The van der Waals surface area contributed by atoms with E-state index in [9.17, 15) is 10.1 Å². The lowest BCUT2D eigenvalue weighted by Crippen LogP contribution is -1.97. The summed E-state index contributed by atoms with van der Waals surface area (Å²) in [5.41, 5.74) is 1.35. The molecule has 22 heavy (non-hydrogen) atoms. The van der Waals surface area contributed by atoms with Gasteiger partial charge in [-0.3, -0.25) is 10.1 Å². The summed E-state index contributed by atoms with van der Waals surface area (Å²) in [5.74, 6) is 1.35. The summed E-state index contributed by atoms with van der Waals surface area (Å²) in [7, 11) is 1.60. The predicted molar refractivity (Wildman–Crippen MR) is 82.5 cm³/mol. The van der Waals surface area contributed by atoms with Crippen molar-refractivity contribution in [3.05, 3.63) is 58.9 Å². The van der Waals surface area contributed by atoms with Crippen LogP contribution in [0, 0.1) is 10.1 Å². The van der Waals surface area contributed by atoms with Crippen molar-refractivity contribution in [2.75, 3.05) is 12.4 Å². The third-order valence-electron chi connectivity index (χ3n) is 3.18. The summed E-state index contributed by atoms with van der Waals surface area (Å²) in [4.78, 5) is 18.6. The van der Waals surface area contributed by atoms with Crippen molar-refractivity contribution in [2.45, 2.75) is 0 Å². The van der Waals surface area contributed by atoms with Crippen molar-refractivity contribution in [2.24, 2.45) is 0 Å². The van der Waals surface area contributed by atoms with E-state index in [-0.39, 0.29) is 5.69 Å². The van der Waals surface area contributed by atoms with Gasteiger partial charge in [-0.05, 0) is 30.3 Å². The summed E-state index contributed by atoms with van der Waals surface area (Å²) in [6.45, 7) is 0. The summed E-state index contributed by atoms with van der Waals surface area (Å²) in [5, 5.41) is 14.7. The van der Waals surface area contributed by atoms with Crippen LogP contribution in [0.3, 0.4) is 0 Å². The number of benzene rings is 2. The van der Waals surface area contributed by atoms with Gasteiger partial charge in [-0.1, -0.05) is 0 Å². The Balaban J connectivity index is 1.97. The van der Waals surface area contributed by atoms with Gasteiger partial charge in [0.15, 0.2) is 0 Å². The number of fused-ring (bicyclic) bond motifs is 1. The number of methoxy groups -OCH3 is 1. The van der Waals surface area contributed by atoms with Crippen LogP contribution in [-0.4, -0.2) is 22.0 Å². The summed E-state index contributed by atoms with van der Waals surface area (Å²) < 4.78 is 5.11. The van der Waals surface area contributed by atoms with Gasteiger partial charge in [0.1, 0.15) is 17.9 Å². The molecular weight excluding hydrogens is 284 g/mol. The number of anilines is 2. The minimum Gasteiger partial charge on any atom is -0.497 e. The number of nitrogens with zero attached hydrogens (tertiary/aromatic N) is 3. The SMILES string of the molecule is COc1ccc(Nc2ncnc3cc([N+](=O)[O-])ccc23)cc1. The maximum atomic E-state index is 10.8. The molecule has 3 aromatic rings. The van der Waals surface area contributed by atoms with Crippen LogP contribution in [0.4, 0.5) is 17.2 Å². The first kappa shape index (κ1) is 13.7. The first-order chi connectivity index (χ1) is 10.7. The van der Waals surface area contributed by atoms with E-state index in [4.69, 9.17) is 4.74 Å². The highest BCUT2D eigenvalue weighted by molar-refractivity contribution is 5.91. The predicted octanol–water partition coefficient (Wildman–Crippen LogP) is 3.29. The topological polar surface area (TPSA) is 90.2 Å². The molecule has 2 aromatic carbocycles. The Kier molecular flexibility index (Phi) is 3.53. The van der Waals surface area contributed by atoms with Crippen LogP contribution < -0.4 is 10.1 Å².